The van der Waals surface area contributed by atoms with Crippen molar-refractivity contribution in [2.45, 2.75) is 25.9 Å². The largest absolute Gasteiger partial charge is 0.333 e. The van der Waals surface area contributed by atoms with Gasteiger partial charge in [0.2, 0.25) is 0 Å². The molecule has 0 radical (unpaired) electrons. The highest BCUT2D eigenvalue weighted by molar-refractivity contribution is 9.11. The molecule has 0 aromatic carbocycles. The van der Waals surface area contributed by atoms with Gasteiger partial charge in [0.25, 0.3) is 0 Å². The van der Waals surface area contributed by atoms with Crippen molar-refractivity contribution in [2.24, 2.45) is 5.84 Å². The number of hydrogen-bond acceptors (Lipinski definition) is 4. The summed E-state index contributed by atoms with van der Waals surface area (Å²) >= 11 is 5.13. The first-order valence-electron chi connectivity index (χ1n) is 5.48. The highest BCUT2D eigenvalue weighted by atomic mass is 79.9. The van der Waals surface area contributed by atoms with Gasteiger partial charge in [0.1, 0.15) is 11.9 Å². The van der Waals surface area contributed by atoms with Crippen LogP contribution in [0.1, 0.15) is 30.1 Å². The van der Waals surface area contributed by atoms with Crippen molar-refractivity contribution in [2.75, 3.05) is 0 Å². The molecule has 2 heterocycles. The Hall–Kier alpha value is -0.690. The molecule has 92 valence electrons. The van der Waals surface area contributed by atoms with Gasteiger partial charge < -0.3 is 4.57 Å². The summed E-state index contributed by atoms with van der Waals surface area (Å²) in [6, 6.07) is 4.04. The van der Waals surface area contributed by atoms with Gasteiger partial charge >= 0.3 is 0 Å². The lowest BCUT2D eigenvalue weighted by Gasteiger charge is -2.15. The molecule has 4 nitrogen and oxygen atoms in total. The minimum atomic E-state index is -0.0483. The van der Waals surface area contributed by atoms with E-state index in [-0.39, 0.29) is 6.04 Å². The molecule has 0 aliphatic heterocycles. The fourth-order valence-corrected chi connectivity index (χ4v) is 3.26. The third-order valence-electron chi connectivity index (χ3n) is 2.52. The zero-order chi connectivity index (χ0) is 12.3. The number of imidazole rings is 1. The first kappa shape index (κ1) is 12.8. The van der Waals surface area contributed by atoms with E-state index < -0.39 is 0 Å². The van der Waals surface area contributed by atoms with Crippen LogP contribution in [0.25, 0.3) is 0 Å². The van der Waals surface area contributed by atoms with Crippen LogP contribution in [0.5, 0.6) is 0 Å². The summed E-state index contributed by atoms with van der Waals surface area (Å²) in [5.74, 6) is 6.62. The predicted octanol–water partition coefficient (Wildman–Crippen LogP) is 2.67. The van der Waals surface area contributed by atoms with Gasteiger partial charge in [0.15, 0.2) is 0 Å². The predicted molar refractivity (Wildman–Crippen MR) is 73.7 cm³/mol. The molecular formula is C11H15BrN4S. The van der Waals surface area contributed by atoms with E-state index in [9.17, 15) is 0 Å². The Labute approximate surface area is 113 Å². The second-order valence-corrected chi connectivity index (χ2v) is 6.21. The lowest BCUT2D eigenvalue weighted by molar-refractivity contribution is 0.551. The molecule has 6 heteroatoms. The van der Waals surface area contributed by atoms with Crippen LogP contribution in [0.15, 0.2) is 28.3 Å². The number of thiophene rings is 1. The van der Waals surface area contributed by atoms with Crippen molar-refractivity contribution in [3.8, 4) is 0 Å². The van der Waals surface area contributed by atoms with Gasteiger partial charge in [-0.05, 0) is 34.5 Å². The van der Waals surface area contributed by atoms with E-state index >= 15 is 0 Å². The molecule has 2 aromatic heterocycles. The summed E-state index contributed by atoms with van der Waals surface area (Å²) in [6.45, 7) is 3.11. The maximum Gasteiger partial charge on any atom is 0.132 e. The van der Waals surface area contributed by atoms with E-state index in [1.165, 1.54) is 0 Å². The molecule has 3 N–H and O–H groups in total. The Morgan fingerprint density at radius 3 is 3.00 bits per heavy atom. The fourth-order valence-electron chi connectivity index (χ4n) is 1.78. The van der Waals surface area contributed by atoms with Gasteiger partial charge in [-0.15, -0.1) is 11.3 Å². The average Bonchev–Trinajstić information content (AvgIpc) is 2.91. The number of nitrogens with one attached hydrogen (secondary N) is 1. The van der Waals surface area contributed by atoms with Crippen LogP contribution in [0, 0.1) is 0 Å². The van der Waals surface area contributed by atoms with Crippen LogP contribution in [0.4, 0.5) is 0 Å². The van der Waals surface area contributed by atoms with E-state index in [1.54, 1.807) is 11.3 Å². The molecule has 2 aromatic rings. The first-order chi connectivity index (χ1) is 8.26. The highest BCUT2D eigenvalue weighted by Gasteiger charge is 2.19. The number of halogens is 1. The minimum Gasteiger partial charge on any atom is -0.333 e. The Balaban J connectivity index is 2.31. The number of nitrogens with zero attached hydrogens (tertiary/aromatic N) is 2. The first-order valence-corrected chi connectivity index (χ1v) is 7.09. The normalized spacial score (nSPS) is 12.9. The van der Waals surface area contributed by atoms with E-state index in [2.05, 4.69) is 43.9 Å². The lowest BCUT2D eigenvalue weighted by Crippen LogP contribution is -2.30. The third-order valence-corrected chi connectivity index (χ3v) is 4.20. The van der Waals surface area contributed by atoms with Crippen LogP contribution in [-0.2, 0) is 6.54 Å². The number of aryl methyl sites for hydroxylation is 1. The second-order valence-electron chi connectivity index (χ2n) is 3.72. The summed E-state index contributed by atoms with van der Waals surface area (Å²) in [6.07, 6.45) is 4.89. The van der Waals surface area contributed by atoms with Gasteiger partial charge in [-0.3, -0.25) is 5.84 Å². The number of aromatic nitrogens is 2. The number of nitrogens with two attached hydrogens (primary N) is 1. The van der Waals surface area contributed by atoms with Gasteiger partial charge in [0.05, 0.1) is 3.79 Å². The smallest absolute Gasteiger partial charge is 0.132 e. The quantitative estimate of drug-likeness (QED) is 0.659. The van der Waals surface area contributed by atoms with Gasteiger partial charge in [0, 0.05) is 23.8 Å². The summed E-state index contributed by atoms with van der Waals surface area (Å²) in [5, 5.41) is 0. The zero-order valence-electron chi connectivity index (χ0n) is 9.56. The minimum absolute atomic E-state index is 0.0483. The molecule has 0 spiro atoms. The molecule has 0 saturated heterocycles. The summed E-state index contributed by atoms with van der Waals surface area (Å²) in [5.41, 5.74) is 2.84. The van der Waals surface area contributed by atoms with Gasteiger partial charge in [-0.25, -0.2) is 10.4 Å². The van der Waals surface area contributed by atoms with E-state index in [1.807, 2.05) is 18.5 Å². The lowest BCUT2D eigenvalue weighted by atomic mass is 10.2. The molecule has 0 aliphatic rings. The van der Waals surface area contributed by atoms with Crippen LogP contribution in [-0.4, -0.2) is 9.55 Å². The third kappa shape index (κ3) is 2.77. The zero-order valence-corrected chi connectivity index (χ0v) is 12.0. The Bertz CT molecular complexity index is 479. The van der Waals surface area contributed by atoms with E-state index in [0.29, 0.717) is 0 Å². The van der Waals surface area contributed by atoms with Crippen molar-refractivity contribution in [3.05, 3.63) is 39.0 Å². The molecule has 1 atom stereocenters. The Morgan fingerprint density at radius 2 is 2.41 bits per heavy atom. The molecule has 0 fully saturated rings. The van der Waals surface area contributed by atoms with Crippen molar-refractivity contribution >= 4 is 27.3 Å². The number of hydrogen-bond donors (Lipinski definition) is 2. The summed E-state index contributed by atoms with van der Waals surface area (Å²) in [7, 11) is 0. The maximum atomic E-state index is 5.66. The summed E-state index contributed by atoms with van der Waals surface area (Å²) < 4.78 is 3.24. The monoisotopic (exact) mass is 314 g/mol. The Kier molecular flexibility index (Phi) is 4.33. The molecule has 0 aliphatic carbocycles. The van der Waals surface area contributed by atoms with Crippen molar-refractivity contribution < 1.29 is 0 Å². The van der Waals surface area contributed by atoms with Crippen LogP contribution < -0.4 is 11.3 Å². The SMILES string of the molecule is CCCn1ccnc1C(NN)c1ccc(Br)s1. The molecule has 2 rings (SSSR count). The van der Waals surface area contributed by atoms with Gasteiger partial charge in [-0.1, -0.05) is 6.92 Å². The summed E-state index contributed by atoms with van der Waals surface area (Å²) in [4.78, 5) is 5.56. The number of rotatable bonds is 5. The van der Waals surface area contributed by atoms with Crippen molar-refractivity contribution in [3.63, 3.8) is 0 Å². The standard InChI is InChI=1S/C11H15BrN4S/c1-2-6-16-7-5-14-11(16)10(15-13)8-3-4-9(12)17-8/h3-5,7,10,15H,2,6,13H2,1H3. The topological polar surface area (TPSA) is 55.9 Å². The van der Waals surface area contributed by atoms with E-state index in [0.717, 1.165) is 27.5 Å². The molecule has 0 bridgehead atoms. The highest BCUT2D eigenvalue weighted by Crippen LogP contribution is 2.30. The van der Waals surface area contributed by atoms with E-state index in [4.69, 9.17) is 5.84 Å². The molecule has 17 heavy (non-hydrogen) atoms. The van der Waals surface area contributed by atoms with Crippen LogP contribution in [0.2, 0.25) is 0 Å². The molecule has 0 saturated carbocycles. The fraction of sp³-hybridized carbons (Fsp3) is 0.364. The molecular weight excluding hydrogens is 300 g/mol. The average molecular weight is 315 g/mol. The second kappa shape index (κ2) is 5.77. The van der Waals surface area contributed by atoms with Gasteiger partial charge in [-0.2, -0.15) is 0 Å². The van der Waals surface area contributed by atoms with Crippen LogP contribution in [0.3, 0.4) is 0 Å². The van der Waals surface area contributed by atoms with Crippen LogP contribution >= 0.6 is 27.3 Å². The van der Waals surface area contributed by atoms with Crippen molar-refractivity contribution in [1.82, 2.24) is 15.0 Å². The molecule has 1 unspecified atom stereocenters. The maximum absolute atomic E-state index is 5.66. The Morgan fingerprint density at radius 1 is 1.59 bits per heavy atom. The molecule has 0 amide bonds. The van der Waals surface area contributed by atoms with Crippen molar-refractivity contribution in [1.29, 1.82) is 0 Å². The number of hydrazine groups is 1.